The van der Waals surface area contributed by atoms with Crippen LogP contribution in [-0.2, 0) is 0 Å². The van der Waals surface area contributed by atoms with E-state index in [4.69, 9.17) is 10.5 Å². The minimum atomic E-state index is -0.571. The average Bonchev–Trinajstić information content (AvgIpc) is 2.34. The second-order valence-electron chi connectivity index (χ2n) is 3.28. The number of anilines is 1. The van der Waals surface area contributed by atoms with Crippen LogP contribution in [0.25, 0.3) is 0 Å². The normalized spacial score (nSPS) is 10.1. The van der Waals surface area contributed by atoms with Gasteiger partial charge in [-0.3, -0.25) is 10.1 Å². The van der Waals surface area contributed by atoms with Gasteiger partial charge in [0.1, 0.15) is 4.60 Å². The van der Waals surface area contributed by atoms with Crippen molar-refractivity contribution in [1.29, 1.82) is 0 Å². The zero-order chi connectivity index (χ0) is 13.1. The molecular weight excluding hydrogens is 304 g/mol. The molecule has 18 heavy (non-hydrogen) atoms. The number of nitrogen functional groups attached to an aromatic ring is 1. The first-order chi connectivity index (χ1) is 8.56. The second-order valence-corrected chi connectivity index (χ2v) is 4.09. The molecule has 0 aliphatic heterocycles. The molecule has 0 spiro atoms. The van der Waals surface area contributed by atoms with Gasteiger partial charge in [-0.1, -0.05) is 0 Å². The molecule has 0 fully saturated rings. The molecule has 0 atom stereocenters. The van der Waals surface area contributed by atoms with Crippen molar-refractivity contribution in [3.8, 4) is 11.6 Å². The number of hydrogen-bond donors (Lipinski definition) is 1. The molecule has 1 heterocycles. The lowest BCUT2D eigenvalue weighted by Gasteiger charge is -2.05. The molecule has 0 radical (unpaired) electrons. The van der Waals surface area contributed by atoms with Gasteiger partial charge < -0.3 is 10.5 Å². The van der Waals surface area contributed by atoms with E-state index < -0.39 is 4.92 Å². The van der Waals surface area contributed by atoms with Crippen LogP contribution < -0.4 is 10.5 Å². The summed E-state index contributed by atoms with van der Waals surface area (Å²) < 4.78 is 5.83. The molecule has 0 unspecified atom stereocenters. The van der Waals surface area contributed by atoms with Gasteiger partial charge in [-0.05, 0) is 34.1 Å². The molecular formula is C10H7BrN4O3. The number of halogens is 1. The lowest BCUT2D eigenvalue weighted by atomic mass is 10.2. The third-order valence-corrected chi connectivity index (χ3v) is 2.42. The first-order valence-corrected chi connectivity index (χ1v) is 5.56. The zero-order valence-corrected chi connectivity index (χ0v) is 10.5. The fourth-order valence-corrected chi connectivity index (χ4v) is 1.45. The van der Waals surface area contributed by atoms with E-state index in [0.717, 1.165) is 0 Å². The van der Waals surface area contributed by atoms with E-state index in [0.29, 0.717) is 4.60 Å². The molecule has 0 aliphatic carbocycles. The summed E-state index contributed by atoms with van der Waals surface area (Å²) in [6, 6.07) is 7.30. The van der Waals surface area contributed by atoms with Crippen LogP contribution in [0, 0.1) is 10.1 Å². The van der Waals surface area contributed by atoms with E-state index >= 15 is 0 Å². The van der Waals surface area contributed by atoms with E-state index in [9.17, 15) is 10.1 Å². The highest BCUT2D eigenvalue weighted by molar-refractivity contribution is 9.10. The van der Waals surface area contributed by atoms with Gasteiger partial charge in [0, 0.05) is 17.8 Å². The summed E-state index contributed by atoms with van der Waals surface area (Å²) in [7, 11) is 0. The molecule has 92 valence electrons. The summed E-state index contributed by atoms with van der Waals surface area (Å²) in [5.74, 6) is 0.219. The van der Waals surface area contributed by atoms with Crippen molar-refractivity contribution in [3.05, 3.63) is 45.0 Å². The van der Waals surface area contributed by atoms with Crippen molar-refractivity contribution in [2.24, 2.45) is 0 Å². The summed E-state index contributed by atoms with van der Waals surface area (Å²) in [5, 5.41) is 18.3. The fourth-order valence-electron chi connectivity index (χ4n) is 1.23. The second kappa shape index (κ2) is 4.96. The molecule has 7 nitrogen and oxygen atoms in total. The molecule has 0 amide bonds. The maximum Gasteiger partial charge on any atom is 0.313 e. The Morgan fingerprint density at radius 2 is 2.06 bits per heavy atom. The Balaban J connectivity index is 2.34. The smallest absolute Gasteiger partial charge is 0.313 e. The maximum absolute atomic E-state index is 10.8. The van der Waals surface area contributed by atoms with Crippen molar-refractivity contribution >= 4 is 27.3 Å². The van der Waals surface area contributed by atoms with Gasteiger partial charge in [0.25, 0.3) is 0 Å². The number of nitro groups is 1. The molecule has 0 aliphatic rings. The Kier molecular flexibility index (Phi) is 3.38. The van der Waals surface area contributed by atoms with Gasteiger partial charge in [-0.2, -0.15) is 0 Å². The topological polar surface area (TPSA) is 104 Å². The Morgan fingerprint density at radius 1 is 1.28 bits per heavy atom. The average molecular weight is 311 g/mol. The number of nitrogens with two attached hydrogens (primary N) is 1. The Bertz CT molecular complexity index is 588. The van der Waals surface area contributed by atoms with Gasteiger partial charge in [0.15, 0.2) is 0 Å². The predicted molar refractivity (Wildman–Crippen MR) is 67.3 cm³/mol. The molecule has 2 rings (SSSR count). The Morgan fingerprint density at radius 3 is 2.67 bits per heavy atom. The van der Waals surface area contributed by atoms with E-state index in [1.807, 2.05) is 0 Å². The quantitative estimate of drug-likeness (QED) is 0.530. The molecule has 0 saturated carbocycles. The zero-order valence-electron chi connectivity index (χ0n) is 8.91. The van der Waals surface area contributed by atoms with E-state index in [1.165, 1.54) is 24.3 Å². The van der Waals surface area contributed by atoms with Crippen LogP contribution in [0.5, 0.6) is 11.6 Å². The predicted octanol–water partition coefficient (Wildman–Crippen LogP) is 2.52. The van der Waals surface area contributed by atoms with Crippen LogP contribution in [-0.4, -0.2) is 15.1 Å². The first-order valence-electron chi connectivity index (χ1n) is 4.77. The molecule has 2 N–H and O–H groups in total. The number of rotatable bonds is 3. The number of hydrogen-bond acceptors (Lipinski definition) is 6. The highest BCUT2D eigenvalue weighted by Crippen LogP contribution is 2.32. The number of nitro benzene ring substituents is 1. The van der Waals surface area contributed by atoms with Crippen LogP contribution in [0.3, 0.4) is 0 Å². The summed E-state index contributed by atoms with van der Waals surface area (Å²) in [4.78, 5) is 10.3. The monoisotopic (exact) mass is 310 g/mol. The van der Waals surface area contributed by atoms with Crippen LogP contribution in [0.15, 0.2) is 34.9 Å². The van der Waals surface area contributed by atoms with E-state index in [2.05, 4.69) is 26.1 Å². The van der Waals surface area contributed by atoms with Crippen molar-refractivity contribution in [3.63, 3.8) is 0 Å². The standard InChI is InChI=1S/C10H7BrN4O3/c11-9-3-4-10(14-13-9)18-8-2-1-6(12)5-7(8)15(16)17/h1-5H,12H2. The SMILES string of the molecule is Nc1ccc(Oc2ccc(Br)nn2)c([N+](=O)[O-])c1. The molecule has 8 heteroatoms. The van der Waals surface area contributed by atoms with Gasteiger partial charge in [0.05, 0.1) is 4.92 Å². The number of ether oxygens (including phenoxy) is 1. The number of benzene rings is 1. The largest absolute Gasteiger partial charge is 0.430 e. The van der Waals surface area contributed by atoms with E-state index in [1.54, 1.807) is 6.07 Å². The van der Waals surface area contributed by atoms with Crippen LogP contribution in [0.1, 0.15) is 0 Å². The van der Waals surface area contributed by atoms with Crippen molar-refractivity contribution in [2.75, 3.05) is 5.73 Å². The number of aromatic nitrogens is 2. The first kappa shape index (κ1) is 12.2. The van der Waals surface area contributed by atoms with Gasteiger partial charge in [-0.25, -0.2) is 0 Å². The van der Waals surface area contributed by atoms with Crippen molar-refractivity contribution < 1.29 is 9.66 Å². The van der Waals surface area contributed by atoms with Crippen molar-refractivity contribution in [2.45, 2.75) is 0 Å². The molecule has 1 aromatic carbocycles. The number of nitrogens with zero attached hydrogens (tertiary/aromatic N) is 3. The summed E-state index contributed by atoms with van der Waals surface area (Å²) in [6.45, 7) is 0. The van der Waals surface area contributed by atoms with E-state index in [-0.39, 0.29) is 23.0 Å². The molecule has 0 saturated heterocycles. The molecule has 0 bridgehead atoms. The molecule has 2 aromatic rings. The fraction of sp³-hybridized carbons (Fsp3) is 0. The van der Waals surface area contributed by atoms with Gasteiger partial charge >= 0.3 is 5.69 Å². The minimum Gasteiger partial charge on any atom is -0.430 e. The highest BCUT2D eigenvalue weighted by atomic mass is 79.9. The lowest BCUT2D eigenvalue weighted by molar-refractivity contribution is -0.385. The van der Waals surface area contributed by atoms with Gasteiger partial charge in [-0.15, -0.1) is 10.2 Å². The summed E-state index contributed by atoms with van der Waals surface area (Å²) >= 11 is 3.12. The third-order valence-electron chi connectivity index (χ3n) is 2.00. The molecule has 1 aromatic heterocycles. The Labute approximate surface area is 110 Å². The van der Waals surface area contributed by atoms with Crippen LogP contribution >= 0.6 is 15.9 Å². The summed E-state index contributed by atoms with van der Waals surface area (Å²) in [6.07, 6.45) is 0. The third kappa shape index (κ3) is 2.72. The lowest BCUT2D eigenvalue weighted by Crippen LogP contribution is -1.97. The Hall–Kier alpha value is -2.22. The summed E-state index contributed by atoms with van der Waals surface area (Å²) in [5.41, 5.74) is 5.55. The minimum absolute atomic E-state index is 0.0609. The van der Waals surface area contributed by atoms with Crippen LogP contribution in [0.2, 0.25) is 0 Å². The van der Waals surface area contributed by atoms with Gasteiger partial charge in [0.2, 0.25) is 11.6 Å². The van der Waals surface area contributed by atoms with Crippen molar-refractivity contribution in [1.82, 2.24) is 10.2 Å². The highest BCUT2D eigenvalue weighted by Gasteiger charge is 2.16. The maximum atomic E-state index is 10.8. The van der Waals surface area contributed by atoms with Crippen LogP contribution in [0.4, 0.5) is 11.4 Å².